The summed E-state index contributed by atoms with van der Waals surface area (Å²) in [6.07, 6.45) is 0. The maximum absolute atomic E-state index is 11.6. The van der Waals surface area contributed by atoms with Gasteiger partial charge >= 0.3 is 11.9 Å². The molecule has 0 unspecified atom stereocenters. The summed E-state index contributed by atoms with van der Waals surface area (Å²) in [4.78, 5) is 21.7. The van der Waals surface area contributed by atoms with E-state index in [9.17, 15) is 18.0 Å². The molecular weight excluding hydrogens is 342 g/mol. The average molecular weight is 352 g/mol. The van der Waals surface area contributed by atoms with Crippen LogP contribution in [0.2, 0.25) is 0 Å². The van der Waals surface area contributed by atoms with Gasteiger partial charge in [0.15, 0.2) is 5.75 Å². The first-order valence-electron chi connectivity index (χ1n) is 4.85. The van der Waals surface area contributed by atoms with Crippen molar-refractivity contribution in [2.45, 2.75) is 0 Å². The van der Waals surface area contributed by atoms with Gasteiger partial charge in [-0.25, -0.2) is 13.2 Å². The van der Waals surface area contributed by atoms with Gasteiger partial charge in [-0.1, -0.05) is 0 Å². The van der Waals surface area contributed by atoms with Crippen molar-refractivity contribution >= 4 is 43.6 Å². The Morgan fingerprint density at radius 3 is 2.58 bits per heavy atom. The zero-order chi connectivity index (χ0) is 14.6. The van der Waals surface area contributed by atoms with Gasteiger partial charge in [-0.2, -0.15) is 0 Å². The number of halogens is 1. The van der Waals surface area contributed by atoms with Crippen LogP contribution in [0, 0.1) is 0 Å². The second-order valence-electron chi connectivity index (χ2n) is 3.44. The van der Waals surface area contributed by atoms with Crippen molar-refractivity contribution in [3.8, 4) is 0 Å². The number of carbonyl (C=O) groups excluding carboxylic acids is 1. The second-order valence-corrected chi connectivity index (χ2v) is 6.01. The summed E-state index contributed by atoms with van der Waals surface area (Å²) in [5.74, 6) is -2.97. The lowest BCUT2D eigenvalue weighted by Gasteiger charge is -2.09. The molecule has 0 aromatic heterocycles. The van der Waals surface area contributed by atoms with Gasteiger partial charge in [0.1, 0.15) is 0 Å². The van der Waals surface area contributed by atoms with Crippen molar-refractivity contribution in [1.29, 1.82) is 0 Å². The molecule has 0 bridgehead atoms. The van der Waals surface area contributed by atoms with Gasteiger partial charge < -0.3 is 9.84 Å². The molecule has 1 rings (SSSR count). The number of benzene rings is 1. The lowest BCUT2D eigenvalue weighted by Crippen LogP contribution is -2.24. The molecule has 19 heavy (non-hydrogen) atoms. The standard InChI is InChI=1S/C10H10BrNO6S/c1-18-9(13)5-19(16,17)12-8-4-6(10(14)15)2-3-7(8)11/h2-4,12H,5H2,1H3,(H,14,15). The van der Waals surface area contributed by atoms with Gasteiger partial charge in [-0.05, 0) is 34.1 Å². The highest BCUT2D eigenvalue weighted by atomic mass is 79.9. The SMILES string of the molecule is COC(=O)CS(=O)(=O)Nc1cc(C(=O)O)ccc1Br. The number of carbonyl (C=O) groups is 2. The van der Waals surface area contributed by atoms with Crippen LogP contribution in [-0.2, 0) is 19.6 Å². The lowest BCUT2D eigenvalue weighted by atomic mass is 10.2. The third-order valence-electron chi connectivity index (χ3n) is 2.01. The van der Waals surface area contributed by atoms with Crippen LogP contribution in [0.3, 0.4) is 0 Å². The Morgan fingerprint density at radius 2 is 2.05 bits per heavy atom. The molecule has 0 aliphatic heterocycles. The number of carboxylic acid groups (broad SMARTS) is 1. The van der Waals surface area contributed by atoms with Crippen molar-refractivity contribution in [2.75, 3.05) is 17.6 Å². The zero-order valence-electron chi connectivity index (χ0n) is 9.71. The number of hydrogen-bond acceptors (Lipinski definition) is 5. The summed E-state index contributed by atoms with van der Waals surface area (Å²) < 4.78 is 30.0. The molecule has 104 valence electrons. The van der Waals surface area contributed by atoms with Gasteiger partial charge in [0.25, 0.3) is 0 Å². The summed E-state index contributed by atoms with van der Waals surface area (Å²) >= 11 is 3.08. The molecule has 7 nitrogen and oxygen atoms in total. The van der Waals surface area contributed by atoms with Crippen LogP contribution in [0.5, 0.6) is 0 Å². The van der Waals surface area contributed by atoms with Gasteiger partial charge in [0.05, 0.1) is 18.4 Å². The molecule has 0 heterocycles. The van der Waals surface area contributed by atoms with E-state index >= 15 is 0 Å². The molecule has 1 aromatic carbocycles. The lowest BCUT2D eigenvalue weighted by molar-refractivity contribution is -0.137. The number of sulfonamides is 1. The van der Waals surface area contributed by atoms with Gasteiger partial charge in [-0.3, -0.25) is 9.52 Å². The number of ether oxygens (including phenoxy) is 1. The highest BCUT2D eigenvalue weighted by Crippen LogP contribution is 2.24. The third-order valence-corrected chi connectivity index (χ3v) is 3.85. The predicted octanol–water partition coefficient (Wildman–Crippen LogP) is 1.06. The van der Waals surface area contributed by atoms with Crippen LogP contribution in [0.25, 0.3) is 0 Å². The van der Waals surface area contributed by atoms with E-state index in [2.05, 4.69) is 25.4 Å². The Hall–Kier alpha value is -1.61. The molecule has 2 N–H and O–H groups in total. The van der Waals surface area contributed by atoms with Crippen LogP contribution < -0.4 is 4.72 Å². The highest BCUT2D eigenvalue weighted by molar-refractivity contribution is 9.10. The molecule has 0 spiro atoms. The van der Waals surface area contributed by atoms with Gasteiger partial charge in [0.2, 0.25) is 10.0 Å². The fourth-order valence-electron chi connectivity index (χ4n) is 1.15. The first-order valence-corrected chi connectivity index (χ1v) is 7.30. The van der Waals surface area contributed by atoms with Crippen molar-refractivity contribution in [2.24, 2.45) is 0 Å². The molecular formula is C10H10BrNO6S. The Morgan fingerprint density at radius 1 is 1.42 bits per heavy atom. The van der Waals surface area contributed by atoms with E-state index in [-0.39, 0.29) is 11.3 Å². The van der Waals surface area contributed by atoms with Crippen molar-refractivity contribution in [3.63, 3.8) is 0 Å². The summed E-state index contributed by atoms with van der Waals surface area (Å²) in [6, 6.07) is 3.84. The van der Waals surface area contributed by atoms with E-state index in [1.54, 1.807) is 0 Å². The molecule has 0 radical (unpaired) electrons. The van der Waals surface area contributed by atoms with E-state index in [1.807, 2.05) is 0 Å². The Bertz CT molecular complexity index is 612. The molecule has 0 saturated carbocycles. The van der Waals surface area contributed by atoms with Gasteiger partial charge in [0, 0.05) is 4.47 Å². The van der Waals surface area contributed by atoms with Crippen LogP contribution in [0.4, 0.5) is 5.69 Å². The predicted molar refractivity (Wildman–Crippen MR) is 70.5 cm³/mol. The second kappa shape index (κ2) is 6.02. The summed E-state index contributed by atoms with van der Waals surface area (Å²) in [5.41, 5.74) is -0.0530. The normalized spacial score (nSPS) is 10.8. The minimum absolute atomic E-state index is 0.0313. The number of esters is 1. The molecule has 9 heteroatoms. The van der Waals surface area contributed by atoms with E-state index in [1.165, 1.54) is 12.1 Å². The van der Waals surface area contributed by atoms with Gasteiger partial charge in [-0.15, -0.1) is 0 Å². The monoisotopic (exact) mass is 351 g/mol. The van der Waals surface area contributed by atoms with Crippen LogP contribution >= 0.6 is 15.9 Å². The Kier molecular flexibility index (Phi) is 4.90. The molecule has 0 aliphatic rings. The molecule has 0 atom stereocenters. The number of nitrogens with one attached hydrogen (secondary N) is 1. The summed E-state index contributed by atoms with van der Waals surface area (Å²) in [6.45, 7) is 0. The topological polar surface area (TPSA) is 110 Å². The number of hydrogen-bond donors (Lipinski definition) is 2. The van der Waals surface area contributed by atoms with E-state index < -0.39 is 27.7 Å². The number of methoxy groups -OCH3 is 1. The minimum atomic E-state index is -3.96. The number of rotatable bonds is 5. The Balaban J connectivity index is 3.02. The zero-order valence-corrected chi connectivity index (χ0v) is 12.1. The fraction of sp³-hybridized carbons (Fsp3) is 0.200. The third kappa shape index (κ3) is 4.52. The number of aromatic carboxylic acids is 1. The van der Waals surface area contributed by atoms with Crippen LogP contribution in [0.15, 0.2) is 22.7 Å². The fourth-order valence-corrected chi connectivity index (χ4v) is 2.64. The molecule has 1 aromatic rings. The maximum Gasteiger partial charge on any atom is 0.335 e. The quantitative estimate of drug-likeness (QED) is 0.767. The molecule has 0 fully saturated rings. The van der Waals surface area contributed by atoms with E-state index in [0.717, 1.165) is 13.2 Å². The minimum Gasteiger partial charge on any atom is -0.478 e. The van der Waals surface area contributed by atoms with Crippen molar-refractivity contribution in [1.82, 2.24) is 0 Å². The molecule has 0 saturated heterocycles. The van der Waals surface area contributed by atoms with Crippen LogP contribution in [0.1, 0.15) is 10.4 Å². The Labute approximate surface area is 117 Å². The number of anilines is 1. The summed E-state index contributed by atoms with van der Waals surface area (Å²) in [5, 5.41) is 8.82. The molecule has 0 amide bonds. The average Bonchev–Trinajstić information content (AvgIpc) is 2.30. The first-order chi connectivity index (χ1) is 8.75. The van der Waals surface area contributed by atoms with Crippen LogP contribution in [-0.4, -0.2) is 38.3 Å². The van der Waals surface area contributed by atoms with Crippen molar-refractivity contribution in [3.05, 3.63) is 28.2 Å². The first kappa shape index (κ1) is 15.4. The van der Waals surface area contributed by atoms with E-state index in [4.69, 9.17) is 5.11 Å². The maximum atomic E-state index is 11.6. The summed E-state index contributed by atoms with van der Waals surface area (Å²) in [7, 11) is -2.89. The highest BCUT2D eigenvalue weighted by Gasteiger charge is 2.18. The van der Waals surface area contributed by atoms with Crippen molar-refractivity contribution < 1.29 is 27.9 Å². The molecule has 0 aliphatic carbocycles. The smallest absolute Gasteiger partial charge is 0.335 e. The van der Waals surface area contributed by atoms with E-state index in [0.29, 0.717) is 4.47 Å². The number of carboxylic acids is 1. The largest absolute Gasteiger partial charge is 0.478 e.